The fourth-order valence-electron chi connectivity index (χ4n) is 1.89. The average Bonchev–Trinajstić information content (AvgIpc) is 2.89. The highest BCUT2D eigenvalue weighted by Crippen LogP contribution is 2.14. The molecule has 0 saturated carbocycles. The lowest BCUT2D eigenvalue weighted by atomic mass is 10.0. The summed E-state index contributed by atoms with van der Waals surface area (Å²) >= 11 is 1.70. The van der Waals surface area contributed by atoms with Crippen LogP contribution in [0.1, 0.15) is 12.0 Å². The molecule has 0 saturated heterocycles. The van der Waals surface area contributed by atoms with Crippen LogP contribution in [0.25, 0.3) is 0 Å². The number of nitrogens with zero attached hydrogens (tertiary/aromatic N) is 1. The Morgan fingerprint density at radius 1 is 1.47 bits per heavy atom. The minimum Gasteiger partial charge on any atom is -0.382 e. The van der Waals surface area contributed by atoms with E-state index in [-0.39, 0.29) is 5.91 Å². The number of oxime groups is 1. The Kier molecular flexibility index (Phi) is 5.27. The summed E-state index contributed by atoms with van der Waals surface area (Å²) in [5.74, 6) is 0.844. The molecule has 0 fully saturated rings. The number of thioether (sulfide) groups is 1. The van der Waals surface area contributed by atoms with Gasteiger partial charge in [0.15, 0.2) is 0 Å². The van der Waals surface area contributed by atoms with Crippen molar-refractivity contribution >= 4 is 23.4 Å². The molecular weight excluding hydrogens is 260 g/mol. The summed E-state index contributed by atoms with van der Waals surface area (Å²) in [5, 5.41) is 6.86. The normalized spacial score (nSPS) is 17.7. The van der Waals surface area contributed by atoms with Gasteiger partial charge in [-0.2, -0.15) is 11.8 Å². The number of amides is 1. The lowest BCUT2D eigenvalue weighted by Crippen LogP contribution is -2.36. The van der Waals surface area contributed by atoms with Crippen LogP contribution in [0, 0.1) is 0 Å². The highest BCUT2D eigenvalue weighted by molar-refractivity contribution is 7.98. The molecular formula is C14H18N2O2S. The summed E-state index contributed by atoms with van der Waals surface area (Å²) in [5.41, 5.74) is 2.12. The van der Waals surface area contributed by atoms with Crippen LogP contribution in [0.4, 0.5) is 0 Å². The maximum absolute atomic E-state index is 11.8. The predicted molar refractivity (Wildman–Crippen MR) is 78.5 cm³/mol. The smallest absolute Gasteiger partial charge is 0.264 e. The van der Waals surface area contributed by atoms with Crippen LogP contribution in [0.15, 0.2) is 35.5 Å². The predicted octanol–water partition coefficient (Wildman–Crippen LogP) is 1.85. The molecule has 1 atom stereocenters. The van der Waals surface area contributed by atoms with E-state index in [1.54, 1.807) is 11.8 Å². The number of carbonyl (C=O) groups is 1. The molecule has 2 rings (SSSR count). The van der Waals surface area contributed by atoms with Crippen LogP contribution in [-0.4, -0.2) is 36.3 Å². The summed E-state index contributed by atoms with van der Waals surface area (Å²) in [6.45, 7) is 0.674. The molecule has 0 spiro atoms. The van der Waals surface area contributed by atoms with Crippen LogP contribution in [0.5, 0.6) is 0 Å². The molecule has 1 amide bonds. The van der Waals surface area contributed by atoms with Crippen molar-refractivity contribution in [3.05, 3.63) is 35.9 Å². The molecule has 1 aromatic rings. The summed E-state index contributed by atoms with van der Waals surface area (Å²) in [6, 6.07) is 10.1. The van der Waals surface area contributed by atoms with Crippen molar-refractivity contribution in [1.82, 2.24) is 5.32 Å². The number of benzene rings is 1. The molecule has 1 N–H and O–H groups in total. The minimum atomic E-state index is -0.458. The summed E-state index contributed by atoms with van der Waals surface area (Å²) in [6.07, 6.45) is 2.88. The van der Waals surface area contributed by atoms with E-state index in [0.717, 1.165) is 17.9 Å². The van der Waals surface area contributed by atoms with Crippen molar-refractivity contribution < 1.29 is 9.63 Å². The summed E-state index contributed by atoms with van der Waals surface area (Å²) in [4.78, 5) is 17.0. The Morgan fingerprint density at radius 3 is 3.00 bits per heavy atom. The molecule has 0 radical (unpaired) electrons. The first kappa shape index (κ1) is 13.9. The first-order valence-electron chi connectivity index (χ1n) is 6.31. The van der Waals surface area contributed by atoms with E-state index < -0.39 is 6.10 Å². The lowest BCUT2D eigenvalue weighted by molar-refractivity contribution is -0.131. The van der Waals surface area contributed by atoms with Gasteiger partial charge in [-0.15, -0.1) is 0 Å². The molecule has 1 aliphatic rings. The Balaban J connectivity index is 1.77. The van der Waals surface area contributed by atoms with Crippen LogP contribution in [0.3, 0.4) is 0 Å². The third-order valence-corrected chi connectivity index (χ3v) is 3.49. The quantitative estimate of drug-likeness (QED) is 0.808. The van der Waals surface area contributed by atoms with Gasteiger partial charge in [-0.25, -0.2) is 0 Å². The highest BCUT2D eigenvalue weighted by atomic mass is 32.2. The van der Waals surface area contributed by atoms with Crippen molar-refractivity contribution in [2.24, 2.45) is 5.16 Å². The molecule has 1 aliphatic heterocycles. The van der Waals surface area contributed by atoms with E-state index in [0.29, 0.717) is 13.0 Å². The van der Waals surface area contributed by atoms with E-state index in [9.17, 15) is 4.79 Å². The molecule has 0 aliphatic carbocycles. The minimum absolute atomic E-state index is 0.0686. The second-order valence-corrected chi connectivity index (χ2v) is 5.39. The Labute approximate surface area is 117 Å². The van der Waals surface area contributed by atoms with E-state index in [1.165, 1.54) is 5.56 Å². The third-order valence-electron chi connectivity index (χ3n) is 2.88. The van der Waals surface area contributed by atoms with Gasteiger partial charge in [0.25, 0.3) is 5.91 Å². The van der Waals surface area contributed by atoms with Crippen LogP contribution in [0.2, 0.25) is 0 Å². The van der Waals surface area contributed by atoms with E-state index in [1.807, 2.05) is 36.6 Å². The second kappa shape index (κ2) is 7.19. The molecule has 0 aromatic heterocycles. The molecule has 0 unspecified atom stereocenters. The molecule has 4 nitrogen and oxygen atoms in total. The fraction of sp³-hybridized carbons (Fsp3) is 0.429. The number of hydrogen-bond donors (Lipinski definition) is 1. The van der Waals surface area contributed by atoms with Crippen molar-refractivity contribution in [2.75, 3.05) is 18.6 Å². The van der Waals surface area contributed by atoms with E-state index in [2.05, 4.69) is 10.5 Å². The molecule has 1 aromatic carbocycles. The van der Waals surface area contributed by atoms with Gasteiger partial charge in [0.05, 0.1) is 5.71 Å². The Bertz CT molecular complexity index is 448. The van der Waals surface area contributed by atoms with Gasteiger partial charge in [0.2, 0.25) is 6.10 Å². The Morgan fingerprint density at radius 2 is 2.26 bits per heavy atom. The molecule has 1 heterocycles. The van der Waals surface area contributed by atoms with Crippen molar-refractivity contribution in [3.8, 4) is 0 Å². The van der Waals surface area contributed by atoms with Crippen molar-refractivity contribution in [1.29, 1.82) is 0 Å². The SMILES string of the molecule is CSCCNC(=O)[C@@H]1CC(Cc2ccccc2)=NO1. The Hall–Kier alpha value is -1.49. The fourth-order valence-corrected chi connectivity index (χ4v) is 2.20. The first-order valence-corrected chi connectivity index (χ1v) is 7.71. The largest absolute Gasteiger partial charge is 0.382 e. The zero-order chi connectivity index (χ0) is 13.5. The first-order chi connectivity index (χ1) is 9.29. The van der Waals surface area contributed by atoms with Gasteiger partial charge < -0.3 is 10.2 Å². The van der Waals surface area contributed by atoms with Gasteiger partial charge in [-0.3, -0.25) is 4.79 Å². The standard InChI is InChI=1S/C14H18N2O2S/c1-19-8-7-15-14(17)13-10-12(16-18-13)9-11-5-3-2-4-6-11/h2-6,13H,7-10H2,1H3,(H,15,17)/t13-/m0/s1. The summed E-state index contributed by atoms with van der Waals surface area (Å²) in [7, 11) is 0. The van der Waals surface area contributed by atoms with Gasteiger partial charge in [0, 0.05) is 25.1 Å². The van der Waals surface area contributed by atoms with Gasteiger partial charge in [-0.1, -0.05) is 35.5 Å². The number of hydrogen-bond acceptors (Lipinski definition) is 4. The van der Waals surface area contributed by atoms with Crippen molar-refractivity contribution in [2.45, 2.75) is 18.9 Å². The maximum atomic E-state index is 11.8. The van der Waals surface area contributed by atoms with Gasteiger partial charge in [0.1, 0.15) is 0 Å². The van der Waals surface area contributed by atoms with E-state index in [4.69, 9.17) is 4.84 Å². The van der Waals surface area contributed by atoms with Gasteiger partial charge >= 0.3 is 0 Å². The monoisotopic (exact) mass is 278 g/mol. The van der Waals surface area contributed by atoms with Gasteiger partial charge in [-0.05, 0) is 11.8 Å². The molecule has 102 valence electrons. The number of rotatable bonds is 6. The average molecular weight is 278 g/mol. The number of nitrogens with one attached hydrogen (secondary N) is 1. The van der Waals surface area contributed by atoms with Crippen LogP contribution < -0.4 is 5.32 Å². The summed E-state index contributed by atoms with van der Waals surface area (Å²) < 4.78 is 0. The molecule has 0 bridgehead atoms. The second-order valence-electron chi connectivity index (χ2n) is 4.40. The zero-order valence-electron chi connectivity index (χ0n) is 11.0. The van der Waals surface area contributed by atoms with Crippen LogP contribution >= 0.6 is 11.8 Å². The number of carbonyl (C=O) groups excluding carboxylic acids is 1. The van der Waals surface area contributed by atoms with Crippen LogP contribution in [-0.2, 0) is 16.1 Å². The molecule has 19 heavy (non-hydrogen) atoms. The van der Waals surface area contributed by atoms with Crippen molar-refractivity contribution in [3.63, 3.8) is 0 Å². The third kappa shape index (κ3) is 4.28. The van der Waals surface area contributed by atoms with E-state index >= 15 is 0 Å². The zero-order valence-corrected chi connectivity index (χ0v) is 11.8. The molecule has 5 heteroatoms. The maximum Gasteiger partial charge on any atom is 0.264 e. The topological polar surface area (TPSA) is 50.7 Å². The lowest BCUT2D eigenvalue weighted by Gasteiger charge is -2.08. The highest BCUT2D eigenvalue weighted by Gasteiger charge is 2.27.